The smallest absolute Gasteiger partial charge is 0.191 e. The predicted molar refractivity (Wildman–Crippen MR) is 123 cm³/mol. The first kappa shape index (κ1) is 24.4. The first-order valence-corrected chi connectivity index (χ1v) is 11.9. The molecule has 2 atom stereocenters. The Hall–Kier alpha value is -0.890. The average Bonchev–Trinajstić information content (AvgIpc) is 2.75. The molecule has 0 amide bonds. The highest BCUT2D eigenvalue weighted by Gasteiger charge is 2.27. The van der Waals surface area contributed by atoms with Crippen molar-refractivity contribution in [1.82, 2.24) is 25.3 Å². The molecule has 2 aliphatic rings. The second-order valence-corrected chi connectivity index (χ2v) is 8.58. The number of rotatable bonds is 10. The molecule has 2 saturated heterocycles. The zero-order chi connectivity index (χ0) is 21.1. The molecule has 2 aliphatic heterocycles. The summed E-state index contributed by atoms with van der Waals surface area (Å²) >= 11 is 0. The first-order chi connectivity index (χ1) is 14.1. The van der Waals surface area contributed by atoms with Crippen LogP contribution in [0.25, 0.3) is 0 Å². The van der Waals surface area contributed by atoms with Crippen molar-refractivity contribution in [3.8, 4) is 0 Å². The molecule has 170 valence electrons. The number of guanidine groups is 1. The Morgan fingerprint density at radius 3 is 2.17 bits per heavy atom. The number of ether oxygens (including phenoxy) is 1. The molecule has 2 fully saturated rings. The molecule has 0 spiro atoms. The van der Waals surface area contributed by atoms with E-state index >= 15 is 0 Å². The minimum absolute atomic E-state index is 0.480. The summed E-state index contributed by atoms with van der Waals surface area (Å²) < 4.78 is 5.58. The third-order valence-corrected chi connectivity index (χ3v) is 6.61. The van der Waals surface area contributed by atoms with Crippen LogP contribution in [0.1, 0.15) is 40.5 Å². The van der Waals surface area contributed by atoms with Crippen molar-refractivity contribution in [1.29, 1.82) is 0 Å². The molecular weight excluding hydrogens is 364 g/mol. The summed E-state index contributed by atoms with van der Waals surface area (Å²) in [6.45, 7) is 20.1. The standard InChI is InChI=1S/C22H46N6O/c1-6-20(7-2)21(28-13-15-29-16-14-28)18-25-22(23-8-3)24-17-19(4)27-11-9-26(5)10-12-27/h19-21H,6-18H2,1-5H3,(H2,23,24,25). The van der Waals surface area contributed by atoms with Crippen LogP contribution in [-0.2, 0) is 4.74 Å². The predicted octanol–water partition coefficient (Wildman–Crippen LogP) is 1.31. The monoisotopic (exact) mass is 410 g/mol. The Morgan fingerprint density at radius 2 is 1.59 bits per heavy atom. The highest BCUT2D eigenvalue weighted by Crippen LogP contribution is 2.19. The van der Waals surface area contributed by atoms with E-state index in [1.165, 1.54) is 12.8 Å². The van der Waals surface area contributed by atoms with Gasteiger partial charge >= 0.3 is 0 Å². The fourth-order valence-electron chi connectivity index (χ4n) is 4.48. The van der Waals surface area contributed by atoms with Crippen molar-refractivity contribution >= 4 is 5.96 Å². The van der Waals surface area contributed by atoms with Gasteiger partial charge in [0.25, 0.3) is 0 Å². The van der Waals surface area contributed by atoms with Crippen molar-refractivity contribution < 1.29 is 4.74 Å². The molecule has 0 aromatic rings. The van der Waals surface area contributed by atoms with Gasteiger partial charge in [0.2, 0.25) is 0 Å². The summed E-state index contributed by atoms with van der Waals surface area (Å²) in [5, 5.41) is 7.11. The van der Waals surface area contributed by atoms with Gasteiger partial charge in [-0.15, -0.1) is 0 Å². The van der Waals surface area contributed by atoms with Gasteiger partial charge in [0.15, 0.2) is 5.96 Å². The summed E-state index contributed by atoms with van der Waals surface area (Å²) in [6.07, 6.45) is 2.43. The Balaban J connectivity index is 1.92. The number of nitrogens with zero attached hydrogens (tertiary/aromatic N) is 4. The lowest BCUT2D eigenvalue weighted by molar-refractivity contribution is 0.00272. The zero-order valence-corrected chi connectivity index (χ0v) is 19.6. The number of nitrogens with one attached hydrogen (secondary N) is 2. The lowest BCUT2D eigenvalue weighted by Gasteiger charge is -2.39. The molecule has 2 unspecified atom stereocenters. The second-order valence-electron chi connectivity index (χ2n) is 8.58. The molecule has 2 rings (SSSR count). The quantitative estimate of drug-likeness (QED) is 0.418. The Labute approximate surface area is 179 Å². The zero-order valence-electron chi connectivity index (χ0n) is 19.6. The third-order valence-electron chi connectivity index (χ3n) is 6.61. The number of aliphatic imine (C=N–C) groups is 1. The minimum Gasteiger partial charge on any atom is -0.379 e. The van der Waals surface area contributed by atoms with Gasteiger partial charge in [-0.1, -0.05) is 26.7 Å². The number of likely N-dealkylation sites (N-methyl/N-ethyl adjacent to an activating group) is 1. The van der Waals surface area contributed by atoms with Gasteiger partial charge < -0.3 is 20.3 Å². The van der Waals surface area contributed by atoms with E-state index < -0.39 is 0 Å². The first-order valence-electron chi connectivity index (χ1n) is 11.9. The molecule has 0 radical (unpaired) electrons. The number of piperazine rings is 1. The van der Waals surface area contributed by atoms with Crippen molar-refractivity contribution in [2.24, 2.45) is 10.9 Å². The van der Waals surface area contributed by atoms with Crippen molar-refractivity contribution in [3.63, 3.8) is 0 Å². The topological polar surface area (TPSA) is 55.4 Å². The molecule has 2 heterocycles. The van der Waals surface area contributed by atoms with Crippen LogP contribution in [0.4, 0.5) is 0 Å². The van der Waals surface area contributed by atoms with E-state index in [0.717, 1.165) is 78.1 Å². The summed E-state index contributed by atoms with van der Waals surface area (Å²) in [5.41, 5.74) is 0. The molecule has 7 heteroatoms. The van der Waals surface area contributed by atoms with Crippen LogP contribution in [0, 0.1) is 5.92 Å². The van der Waals surface area contributed by atoms with Gasteiger partial charge in [-0.05, 0) is 26.8 Å². The third kappa shape index (κ3) is 8.04. The van der Waals surface area contributed by atoms with E-state index in [2.05, 4.69) is 60.1 Å². The normalized spacial score (nSPS) is 22.6. The molecule has 0 saturated carbocycles. The summed E-state index contributed by atoms with van der Waals surface area (Å²) in [5.74, 6) is 1.66. The van der Waals surface area contributed by atoms with Crippen molar-refractivity contribution in [2.75, 3.05) is 79.2 Å². The van der Waals surface area contributed by atoms with E-state index in [4.69, 9.17) is 9.73 Å². The Kier molecular flexibility index (Phi) is 11.3. The highest BCUT2D eigenvalue weighted by atomic mass is 16.5. The van der Waals surface area contributed by atoms with Crippen LogP contribution in [0.3, 0.4) is 0 Å². The van der Waals surface area contributed by atoms with Crippen LogP contribution in [0.5, 0.6) is 0 Å². The summed E-state index contributed by atoms with van der Waals surface area (Å²) in [6, 6.07) is 1.01. The second kappa shape index (κ2) is 13.4. The summed E-state index contributed by atoms with van der Waals surface area (Å²) in [4.78, 5) is 12.5. The molecule has 7 nitrogen and oxygen atoms in total. The van der Waals surface area contributed by atoms with Gasteiger partial charge in [0.1, 0.15) is 0 Å². The van der Waals surface area contributed by atoms with E-state index in [0.29, 0.717) is 18.0 Å². The van der Waals surface area contributed by atoms with E-state index in [1.54, 1.807) is 0 Å². The number of hydrogen-bond donors (Lipinski definition) is 2. The SMILES string of the molecule is CCNC(=NCC(C)N1CCN(C)CC1)NCC(C(CC)CC)N1CCOCC1. The minimum atomic E-state index is 0.480. The van der Waals surface area contributed by atoms with E-state index in [9.17, 15) is 0 Å². The molecule has 0 aromatic carbocycles. The van der Waals surface area contributed by atoms with Crippen LogP contribution in [0.2, 0.25) is 0 Å². The summed E-state index contributed by atoms with van der Waals surface area (Å²) in [7, 11) is 2.21. The maximum Gasteiger partial charge on any atom is 0.191 e. The average molecular weight is 411 g/mol. The number of morpholine rings is 1. The number of hydrogen-bond acceptors (Lipinski definition) is 5. The largest absolute Gasteiger partial charge is 0.379 e. The Morgan fingerprint density at radius 1 is 0.931 bits per heavy atom. The van der Waals surface area contributed by atoms with E-state index in [1.807, 2.05) is 0 Å². The maximum absolute atomic E-state index is 5.58. The van der Waals surface area contributed by atoms with Gasteiger partial charge in [-0.2, -0.15) is 0 Å². The fraction of sp³-hybridized carbons (Fsp3) is 0.955. The van der Waals surface area contributed by atoms with Gasteiger partial charge in [0, 0.05) is 64.4 Å². The van der Waals surface area contributed by atoms with Crippen LogP contribution in [-0.4, -0.2) is 112 Å². The van der Waals surface area contributed by atoms with Gasteiger partial charge in [0.05, 0.1) is 19.8 Å². The lowest BCUT2D eigenvalue weighted by Crippen LogP contribution is -2.53. The molecule has 0 bridgehead atoms. The van der Waals surface area contributed by atoms with Crippen molar-refractivity contribution in [2.45, 2.75) is 52.6 Å². The van der Waals surface area contributed by atoms with Crippen molar-refractivity contribution in [3.05, 3.63) is 0 Å². The van der Waals surface area contributed by atoms with Gasteiger partial charge in [-0.25, -0.2) is 0 Å². The van der Waals surface area contributed by atoms with E-state index in [-0.39, 0.29) is 0 Å². The fourth-order valence-corrected chi connectivity index (χ4v) is 4.48. The lowest BCUT2D eigenvalue weighted by atomic mass is 9.92. The molecule has 0 aliphatic carbocycles. The molecule has 29 heavy (non-hydrogen) atoms. The van der Waals surface area contributed by atoms with Gasteiger partial charge in [-0.3, -0.25) is 14.8 Å². The Bertz CT molecular complexity index is 456. The molecule has 2 N–H and O–H groups in total. The van der Waals surface area contributed by atoms with Crippen LogP contribution >= 0.6 is 0 Å². The highest BCUT2D eigenvalue weighted by molar-refractivity contribution is 5.79. The maximum atomic E-state index is 5.58. The molecular formula is C22H46N6O. The van der Waals surface area contributed by atoms with Crippen LogP contribution in [0.15, 0.2) is 4.99 Å². The molecule has 0 aromatic heterocycles. The van der Waals surface area contributed by atoms with Crippen LogP contribution < -0.4 is 10.6 Å².